The van der Waals surface area contributed by atoms with Gasteiger partial charge in [-0.25, -0.2) is 13.1 Å². The van der Waals surface area contributed by atoms with Gasteiger partial charge in [0.1, 0.15) is 0 Å². The number of nitrogens with one attached hydrogen (secondary N) is 1. The molecule has 0 aliphatic rings. The highest BCUT2D eigenvalue weighted by molar-refractivity contribution is 7.89. The Kier molecular flexibility index (Phi) is 6.87. The third kappa shape index (κ3) is 7.58. The topological polar surface area (TPSA) is 72.5 Å². The van der Waals surface area contributed by atoms with Crippen LogP contribution in [0.2, 0.25) is 0 Å². The molecule has 0 rings (SSSR count). The van der Waals surface area contributed by atoms with Crippen LogP contribution in [-0.2, 0) is 19.6 Å². The van der Waals surface area contributed by atoms with E-state index in [2.05, 4.69) is 9.46 Å². The van der Waals surface area contributed by atoms with E-state index in [-0.39, 0.29) is 30.5 Å². The summed E-state index contributed by atoms with van der Waals surface area (Å²) in [7, 11) is -2.07. The second-order valence-corrected chi connectivity index (χ2v) is 5.35. The van der Waals surface area contributed by atoms with Crippen LogP contribution >= 0.6 is 11.6 Å². The van der Waals surface area contributed by atoms with Crippen molar-refractivity contribution >= 4 is 27.6 Å². The van der Waals surface area contributed by atoms with Gasteiger partial charge in [0, 0.05) is 18.3 Å². The van der Waals surface area contributed by atoms with E-state index in [1.807, 2.05) is 0 Å². The van der Waals surface area contributed by atoms with Gasteiger partial charge in [0.05, 0.1) is 12.9 Å². The molecule has 0 radical (unpaired) electrons. The molecule has 0 bridgehead atoms. The van der Waals surface area contributed by atoms with Crippen LogP contribution in [0.5, 0.6) is 0 Å². The fourth-order valence-corrected chi connectivity index (χ4v) is 2.41. The van der Waals surface area contributed by atoms with Crippen LogP contribution in [0, 0.1) is 0 Å². The largest absolute Gasteiger partial charge is 0.469 e. The lowest BCUT2D eigenvalue weighted by molar-refractivity contribution is -0.140. The van der Waals surface area contributed by atoms with Crippen molar-refractivity contribution in [2.75, 3.05) is 18.7 Å². The molecule has 1 atom stereocenters. The van der Waals surface area contributed by atoms with Crippen LogP contribution in [0.1, 0.15) is 19.8 Å². The lowest BCUT2D eigenvalue weighted by Gasteiger charge is -2.10. The predicted octanol–water partition coefficient (Wildman–Crippen LogP) is 0.486. The first-order chi connectivity index (χ1) is 6.91. The highest BCUT2D eigenvalue weighted by Crippen LogP contribution is 1.98. The minimum absolute atomic E-state index is 0.0939. The van der Waals surface area contributed by atoms with Crippen molar-refractivity contribution in [1.82, 2.24) is 4.72 Å². The van der Waals surface area contributed by atoms with Gasteiger partial charge in [0.2, 0.25) is 10.0 Å². The molecule has 5 nitrogen and oxygen atoms in total. The molecule has 0 amide bonds. The minimum atomic E-state index is -3.34. The molecule has 0 saturated heterocycles. The maximum absolute atomic E-state index is 11.3. The summed E-state index contributed by atoms with van der Waals surface area (Å²) >= 11 is 5.46. The van der Waals surface area contributed by atoms with Gasteiger partial charge < -0.3 is 4.74 Å². The molecule has 0 fully saturated rings. The zero-order valence-corrected chi connectivity index (χ0v) is 10.4. The van der Waals surface area contributed by atoms with Gasteiger partial charge in [-0.05, 0) is 13.3 Å². The summed E-state index contributed by atoms with van der Waals surface area (Å²) in [6.07, 6.45) is 0.351. The summed E-state index contributed by atoms with van der Waals surface area (Å²) in [4.78, 5) is 10.7. The van der Waals surface area contributed by atoms with Crippen LogP contribution in [0.25, 0.3) is 0 Å². The third-order valence-electron chi connectivity index (χ3n) is 1.63. The molecular weight excluding hydrogens is 242 g/mol. The molecule has 0 spiro atoms. The van der Waals surface area contributed by atoms with Gasteiger partial charge in [-0.2, -0.15) is 0 Å². The molecule has 15 heavy (non-hydrogen) atoms. The van der Waals surface area contributed by atoms with Gasteiger partial charge in [-0.3, -0.25) is 4.79 Å². The smallest absolute Gasteiger partial charge is 0.305 e. The van der Waals surface area contributed by atoms with Gasteiger partial charge in [-0.15, -0.1) is 11.6 Å². The van der Waals surface area contributed by atoms with E-state index in [1.54, 1.807) is 6.92 Å². The zero-order chi connectivity index (χ0) is 11.9. The summed E-state index contributed by atoms with van der Waals surface area (Å²) in [6, 6.07) is -0.296. The number of sulfonamides is 1. The quantitative estimate of drug-likeness (QED) is 0.532. The maximum Gasteiger partial charge on any atom is 0.305 e. The Morgan fingerprint density at radius 1 is 1.53 bits per heavy atom. The highest BCUT2D eigenvalue weighted by atomic mass is 35.5. The summed E-state index contributed by atoms with van der Waals surface area (Å²) < 4.78 is 29.5. The van der Waals surface area contributed by atoms with E-state index in [0.29, 0.717) is 0 Å². The summed E-state index contributed by atoms with van der Waals surface area (Å²) in [5.41, 5.74) is 0. The first-order valence-corrected chi connectivity index (χ1v) is 6.72. The number of esters is 1. The molecule has 1 N–H and O–H groups in total. The lowest BCUT2D eigenvalue weighted by atomic mass is 10.3. The molecule has 0 saturated carbocycles. The number of hydrogen-bond donors (Lipinski definition) is 1. The van der Waals surface area contributed by atoms with Crippen LogP contribution in [-0.4, -0.2) is 39.2 Å². The summed E-state index contributed by atoms with van der Waals surface area (Å²) in [5.74, 6) is -0.282. The van der Waals surface area contributed by atoms with E-state index < -0.39 is 16.0 Å². The molecule has 1 unspecified atom stereocenters. The molecule has 0 aliphatic heterocycles. The molecule has 0 aromatic heterocycles. The van der Waals surface area contributed by atoms with E-state index >= 15 is 0 Å². The normalized spacial score (nSPS) is 13.5. The van der Waals surface area contributed by atoms with E-state index in [1.165, 1.54) is 7.11 Å². The Morgan fingerprint density at radius 3 is 2.60 bits per heavy atom. The van der Waals surface area contributed by atoms with E-state index in [4.69, 9.17) is 11.6 Å². The van der Waals surface area contributed by atoms with Crippen molar-refractivity contribution in [1.29, 1.82) is 0 Å². The Morgan fingerprint density at radius 2 is 2.13 bits per heavy atom. The molecule has 0 aromatic carbocycles. The minimum Gasteiger partial charge on any atom is -0.469 e. The number of alkyl halides is 1. The number of rotatable bonds is 7. The highest BCUT2D eigenvalue weighted by Gasteiger charge is 2.14. The van der Waals surface area contributed by atoms with Gasteiger partial charge in [0.15, 0.2) is 0 Å². The number of halogens is 1. The van der Waals surface area contributed by atoms with Gasteiger partial charge >= 0.3 is 5.97 Å². The fourth-order valence-electron chi connectivity index (χ4n) is 0.906. The van der Waals surface area contributed by atoms with Crippen molar-refractivity contribution in [3.63, 3.8) is 0 Å². The second kappa shape index (κ2) is 7.03. The van der Waals surface area contributed by atoms with Gasteiger partial charge in [0.25, 0.3) is 0 Å². The van der Waals surface area contributed by atoms with Crippen molar-refractivity contribution in [3.8, 4) is 0 Å². The maximum atomic E-state index is 11.3. The fraction of sp³-hybridized carbons (Fsp3) is 0.875. The average molecular weight is 258 g/mol. The van der Waals surface area contributed by atoms with Crippen molar-refractivity contribution in [2.45, 2.75) is 25.8 Å². The predicted molar refractivity (Wildman–Crippen MR) is 58.4 cm³/mol. The molecular formula is C8H16ClNO4S. The lowest BCUT2D eigenvalue weighted by Crippen LogP contribution is -2.35. The first kappa shape index (κ1) is 14.7. The number of ether oxygens (including phenoxy) is 1. The SMILES string of the molecule is COC(=O)CCCS(=O)(=O)NC(C)CCl. The van der Waals surface area contributed by atoms with Crippen LogP contribution < -0.4 is 4.72 Å². The van der Waals surface area contributed by atoms with Gasteiger partial charge in [-0.1, -0.05) is 0 Å². The Labute approximate surface area is 95.2 Å². The van der Waals surface area contributed by atoms with E-state index in [0.717, 1.165) is 0 Å². The van der Waals surface area contributed by atoms with Crippen molar-refractivity contribution < 1.29 is 17.9 Å². The van der Waals surface area contributed by atoms with Crippen LogP contribution in [0.3, 0.4) is 0 Å². The Bertz CT molecular complexity index is 291. The molecule has 0 aromatic rings. The van der Waals surface area contributed by atoms with Crippen LogP contribution in [0.15, 0.2) is 0 Å². The molecule has 0 aliphatic carbocycles. The third-order valence-corrected chi connectivity index (χ3v) is 3.68. The summed E-state index contributed by atoms with van der Waals surface area (Å²) in [5, 5.41) is 0. The number of methoxy groups -OCH3 is 1. The molecule has 7 heteroatoms. The summed E-state index contributed by atoms with van der Waals surface area (Å²) in [6.45, 7) is 1.67. The monoisotopic (exact) mass is 257 g/mol. The Balaban J connectivity index is 3.90. The standard InChI is InChI=1S/C8H16ClNO4S/c1-7(6-9)10-15(12,13)5-3-4-8(11)14-2/h7,10H,3-6H2,1-2H3. The zero-order valence-electron chi connectivity index (χ0n) is 8.82. The Hall–Kier alpha value is -0.330. The van der Waals surface area contributed by atoms with Crippen LogP contribution in [0.4, 0.5) is 0 Å². The van der Waals surface area contributed by atoms with Crippen molar-refractivity contribution in [3.05, 3.63) is 0 Å². The first-order valence-electron chi connectivity index (χ1n) is 4.54. The molecule has 90 valence electrons. The molecule has 0 heterocycles. The second-order valence-electron chi connectivity index (χ2n) is 3.17. The number of carbonyl (C=O) groups excluding carboxylic acids is 1. The van der Waals surface area contributed by atoms with Crippen molar-refractivity contribution in [2.24, 2.45) is 0 Å². The number of carbonyl (C=O) groups is 1. The number of hydrogen-bond acceptors (Lipinski definition) is 4. The van der Waals surface area contributed by atoms with E-state index in [9.17, 15) is 13.2 Å². The average Bonchev–Trinajstić information content (AvgIpc) is 2.16.